The van der Waals surface area contributed by atoms with Crippen molar-refractivity contribution in [1.82, 2.24) is 14.8 Å². The zero-order valence-corrected chi connectivity index (χ0v) is 20.1. The van der Waals surface area contributed by atoms with Gasteiger partial charge in [-0.2, -0.15) is 5.10 Å². The summed E-state index contributed by atoms with van der Waals surface area (Å²) >= 11 is 6.17. The van der Waals surface area contributed by atoms with Crippen LogP contribution < -0.4 is 4.74 Å². The third kappa shape index (κ3) is 4.30. The number of hydrogen-bond acceptors (Lipinski definition) is 6. The van der Waals surface area contributed by atoms with E-state index in [4.69, 9.17) is 21.3 Å². The van der Waals surface area contributed by atoms with Gasteiger partial charge in [-0.3, -0.25) is 10.1 Å². The Labute approximate surface area is 210 Å². The molecule has 178 valence electrons. The summed E-state index contributed by atoms with van der Waals surface area (Å²) in [5.41, 5.74) is 4.44. The summed E-state index contributed by atoms with van der Waals surface area (Å²) in [7, 11) is 0. The number of carbonyl (C=O) groups excluding carboxylic acids is 1. The number of esters is 1. The lowest BCUT2D eigenvalue weighted by Gasteiger charge is -2.10. The Kier molecular flexibility index (Phi) is 5.95. The Morgan fingerprint density at radius 2 is 1.72 bits per heavy atom. The number of aryl methyl sites for hydroxylation is 2. The van der Waals surface area contributed by atoms with Crippen LogP contribution in [-0.4, -0.2) is 25.7 Å². The minimum absolute atomic E-state index is 0.0158. The van der Waals surface area contributed by atoms with E-state index in [1.807, 2.05) is 61.5 Å². The second kappa shape index (κ2) is 9.24. The predicted octanol–water partition coefficient (Wildman–Crippen LogP) is 6.49. The highest BCUT2D eigenvalue weighted by molar-refractivity contribution is 6.32. The molecule has 5 rings (SSSR count). The fourth-order valence-electron chi connectivity index (χ4n) is 3.91. The van der Waals surface area contributed by atoms with Crippen molar-refractivity contribution >= 4 is 34.3 Å². The standard InChI is InChI=1S/C27H19ClN4O4/c1-16-8-10-19(11-9-16)31-26-25(17(2)30-31)21(15-23(29-26)18-6-4-3-5-7-18)27(33)36-24-13-12-20(32(34)35)14-22(24)28/h3-15H,1-2H3. The van der Waals surface area contributed by atoms with Gasteiger partial charge in [0.2, 0.25) is 0 Å². The first-order valence-corrected chi connectivity index (χ1v) is 11.4. The largest absolute Gasteiger partial charge is 0.421 e. The maximum atomic E-state index is 13.4. The molecule has 0 aliphatic rings. The number of nitrogens with zero attached hydrogens (tertiary/aromatic N) is 4. The predicted molar refractivity (Wildman–Crippen MR) is 137 cm³/mol. The van der Waals surface area contributed by atoms with Crippen LogP contribution in [-0.2, 0) is 0 Å². The van der Waals surface area contributed by atoms with Gasteiger partial charge in [-0.25, -0.2) is 14.5 Å². The number of aromatic nitrogens is 3. The normalized spacial score (nSPS) is 11.0. The summed E-state index contributed by atoms with van der Waals surface area (Å²) in [6, 6.07) is 22.6. The van der Waals surface area contributed by atoms with Crippen LogP contribution in [0.2, 0.25) is 5.02 Å². The van der Waals surface area contributed by atoms with Gasteiger partial charge in [0.05, 0.1) is 38.0 Å². The molecule has 2 aromatic heterocycles. The number of benzene rings is 3. The van der Waals surface area contributed by atoms with E-state index < -0.39 is 10.9 Å². The third-order valence-corrected chi connectivity index (χ3v) is 6.01. The molecule has 0 aliphatic heterocycles. The zero-order valence-electron chi connectivity index (χ0n) is 19.3. The van der Waals surface area contributed by atoms with Gasteiger partial charge < -0.3 is 4.74 Å². The fraction of sp³-hybridized carbons (Fsp3) is 0.0741. The van der Waals surface area contributed by atoms with E-state index in [1.54, 1.807) is 17.7 Å². The van der Waals surface area contributed by atoms with Crippen molar-refractivity contribution in [2.75, 3.05) is 0 Å². The molecule has 0 N–H and O–H groups in total. The average Bonchev–Trinajstić information content (AvgIpc) is 3.21. The second-order valence-electron chi connectivity index (χ2n) is 8.21. The van der Waals surface area contributed by atoms with Crippen molar-refractivity contribution < 1.29 is 14.5 Å². The molecule has 0 fully saturated rings. The molecule has 0 radical (unpaired) electrons. The number of ether oxygens (including phenoxy) is 1. The molecule has 9 heteroatoms. The number of rotatable bonds is 5. The lowest BCUT2D eigenvalue weighted by atomic mass is 10.1. The van der Waals surface area contributed by atoms with E-state index in [1.165, 1.54) is 12.1 Å². The van der Waals surface area contributed by atoms with E-state index in [0.29, 0.717) is 22.4 Å². The van der Waals surface area contributed by atoms with Gasteiger partial charge in [-0.05, 0) is 38.1 Å². The van der Waals surface area contributed by atoms with Crippen LogP contribution >= 0.6 is 11.6 Å². The molecule has 5 aromatic rings. The van der Waals surface area contributed by atoms with Crippen LogP contribution in [0.1, 0.15) is 21.6 Å². The number of nitro benzene ring substituents is 1. The van der Waals surface area contributed by atoms with Gasteiger partial charge in [0.15, 0.2) is 5.65 Å². The molecule has 0 unspecified atom stereocenters. The smallest absolute Gasteiger partial charge is 0.344 e. The van der Waals surface area contributed by atoms with Gasteiger partial charge >= 0.3 is 5.97 Å². The van der Waals surface area contributed by atoms with Gasteiger partial charge in [0, 0.05) is 17.7 Å². The van der Waals surface area contributed by atoms with Gasteiger partial charge in [0.25, 0.3) is 5.69 Å². The Morgan fingerprint density at radius 1 is 1.00 bits per heavy atom. The third-order valence-electron chi connectivity index (χ3n) is 5.71. The van der Waals surface area contributed by atoms with E-state index in [9.17, 15) is 14.9 Å². The molecule has 36 heavy (non-hydrogen) atoms. The van der Waals surface area contributed by atoms with Crippen LogP contribution in [0.15, 0.2) is 78.9 Å². The number of hydrogen-bond donors (Lipinski definition) is 0. The molecule has 8 nitrogen and oxygen atoms in total. The minimum Gasteiger partial charge on any atom is -0.421 e. The van der Waals surface area contributed by atoms with Gasteiger partial charge in [-0.15, -0.1) is 0 Å². The maximum absolute atomic E-state index is 13.4. The highest BCUT2D eigenvalue weighted by atomic mass is 35.5. The van der Waals surface area contributed by atoms with E-state index >= 15 is 0 Å². The van der Waals surface area contributed by atoms with Crippen LogP contribution in [0.5, 0.6) is 5.75 Å². The van der Waals surface area contributed by atoms with E-state index in [-0.39, 0.29) is 22.0 Å². The maximum Gasteiger partial charge on any atom is 0.344 e. The summed E-state index contributed by atoms with van der Waals surface area (Å²) in [5, 5.41) is 16.2. The summed E-state index contributed by atoms with van der Waals surface area (Å²) < 4.78 is 7.29. The molecule has 0 amide bonds. The molecule has 0 bridgehead atoms. The Bertz CT molecular complexity index is 1630. The number of fused-ring (bicyclic) bond motifs is 1. The molecule has 0 saturated carbocycles. The van der Waals surface area contributed by atoms with Gasteiger partial charge in [-0.1, -0.05) is 59.6 Å². The SMILES string of the molecule is Cc1ccc(-n2nc(C)c3c(C(=O)Oc4ccc([N+](=O)[O-])cc4Cl)cc(-c4ccccc4)nc32)cc1. The lowest BCUT2D eigenvalue weighted by molar-refractivity contribution is -0.384. The van der Waals surface area contributed by atoms with Gasteiger partial charge in [0.1, 0.15) is 5.75 Å². The summed E-state index contributed by atoms with van der Waals surface area (Å²) in [5.74, 6) is -0.663. The monoisotopic (exact) mass is 498 g/mol. The molecule has 0 atom stereocenters. The number of halogens is 1. The van der Waals surface area contributed by atoms with Crippen LogP contribution in [0.25, 0.3) is 28.0 Å². The Hall–Kier alpha value is -4.56. The fourth-order valence-corrected chi connectivity index (χ4v) is 4.13. The van der Waals surface area contributed by atoms with Crippen molar-refractivity contribution in [3.63, 3.8) is 0 Å². The number of nitro groups is 1. The van der Waals surface area contributed by atoms with Crippen molar-refractivity contribution in [1.29, 1.82) is 0 Å². The lowest BCUT2D eigenvalue weighted by Crippen LogP contribution is -2.11. The molecular weight excluding hydrogens is 480 g/mol. The molecule has 0 saturated heterocycles. The van der Waals surface area contributed by atoms with Crippen molar-refractivity contribution in [2.24, 2.45) is 0 Å². The molecule has 0 aliphatic carbocycles. The topological polar surface area (TPSA) is 100 Å². The first-order valence-electron chi connectivity index (χ1n) is 11.0. The molecule has 3 aromatic carbocycles. The van der Waals surface area contributed by atoms with Crippen LogP contribution in [0, 0.1) is 24.0 Å². The number of carbonyl (C=O) groups is 1. The van der Waals surface area contributed by atoms with E-state index in [0.717, 1.165) is 22.9 Å². The molecule has 2 heterocycles. The summed E-state index contributed by atoms with van der Waals surface area (Å²) in [4.78, 5) is 28.8. The quantitative estimate of drug-likeness (QED) is 0.119. The van der Waals surface area contributed by atoms with Crippen LogP contribution in [0.3, 0.4) is 0 Å². The van der Waals surface area contributed by atoms with E-state index in [2.05, 4.69) is 5.10 Å². The minimum atomic E-state index is -0.679. The number of non-ortho nitro benzene ring substituents is 1. The summed E-state index contributed by atoms with van der Waals surface area (Å²) in [6.45, 7) is 3.80. The average molecular weight is 499 g/mol. The highest BCUT2D eigenvalue weighted by Gasteiger charge is 2.23. The second-order valence-corrected chi connectivity index (χ2v) is 8.62. The Morgan fingerprint density at radius 3 is 2.39 bits per heavy atom. The Balaban J connectivity index is 1.67. The zero-order chi connectivity index (χ0) is 25.4. The van der Waals surface area contributed by atoms with Crippen molar-refractivity contribution in [3.8, 4) is 22.7 Å². The highest BCUT2D eigenvalue weighted by Crippen LogP contribution is 2.32. The first-order chi connectivity index (χ1) is 17.3. The number of pyridine rings is 1. The summed E-state index contributed by atoms with van der Waals surface area (Å²) in [6.07, 6.45) is 0. The first kappa shape index (κ1) is 23.2. The molecule has 0 spiro atoms. The van der Waals surface area contributed by atoms with Crippen LogP contribution in [0.4, 0.5) is 5.69 Å². The van der Waals surface area contributed by atoms with Crippen molar-refractivity contribution in [3.05, 3.63) is 111 Å². The molecular formula is C27H19ClN4O4. The van der Waals surface area contributed by atoms with Crippen molar-refractivity contribution in [2.45, 2.75) is 13.8 Å².